The molecule has 40 heavy (non-hydrogen) atoms. The van der Waals surface area contributed by atoms with Crippen molar-refractivity contribution in [3.8, 4) is 34.1 Å². The number of anilines is 3. The predicted molar refractivity (Wildman–Crippen MR) is 154 cm³/mol. The first-order valence-electron chi connectivity index (χ1n) is 12.3. The molecule has 0 spiro atoms. The van der Waals surface area contributed by atoms with Gasteiger partial charge in [0.2, 0.25) is 0 Å². The molecule has 0 atom stereocenters. The molecule has 0 bridgehead atoms. The van der Waals surface area contributed by atoms with E-state index in [1.807, 2.05) is 67.0 Å². The van der Waals surface area contributed by atoms with Crippen molar-refractivity contribution in [3.63, 3.8) is 0 Å². The van der Waals surface area contributed by atoms with Gasteiger partial charge in [0.05, 0.1) is 29.2 Å². The maximum Gasteiger partial charge on any atom is 0.322 e. The van der Waals surface area contributed by atoms with E-state index in [9.17, 15) is 9.18 Å². The van der Waals surface area contributed by atoms with Crippen molar-refractivity contribution in [2.45, 2.75) is 6.92 Å². The quantitative estimate of drug-likeness (QED) is 0.272. The fourth-order valence-corrected chi connectivity index (χ4v) is 4.40. The van der Waals surface area contributed by atoms with Gasteiger partial charge in [-0.3, -0.25) is 4.79 Å². The van der Waals surface area contributed by atoms with Crippen LogP contribution in [0.5, 0.6) is 11.8 Å². The number of hydrogen-bond acceptors (Lipinski definition) is 8. The van der Waals surface area contributed by atoms with Crippen LogP contribution in [0.2, 0.25) is 0 Å². The average molecular weight is 539 g/mol. The summed E-state index contributed by atoms with van der Waals surface area (Å²) in [7, 11) is 5.69. The number of halogens is 1. The molecule has 11 heteroatoms. The van der Waals surface area contributed by atoms with Crippen molar-refractivity contribution in [2.75, 3.05) is 30.0 Å². The van der Waals surface area contributed by atoms with Gasteiger partial charge < -0.3 is 25.3 Å². The van der Waals surface area contributed by atoms with Crippen LogP contribution in [-0.2, 0) is 11.8 Å². The molecule has 5 rings (SSSR count). The summed E-state index contributed by atoms with van der Waals surface area (Å²) in [5.74, 6) is 0.0401. The minimum absolute atomic E-state index is 0.0274. The zero-order chi connectivity index (χ0) is 28.6. The highest BCUT2D eigenvalue weighted by molar-refractivity contribution is 6.08. The van der Waals surface area contributed by atoms with Crippen molar-refractivity contribution in [1.82, 2.24) is 24.5 Å². The fourth-order valence-electron chi connectivity index (χ4n) is 4.40. The number of hydrogen-bond donors (Lipinski definition) is 2. The number of nitrogens with one attached hydrogen (secondary N) is 1. The van der Waals surface area contributed by atoms with Crippen molar-refractivity contribution in [1.29, 1.82) is 0 Å². The van der Waals surface area contributed by atoms with Crippen LogP contribution in [0.1, 0.15) is 6.92 Å². The normalized spacial score (nSPS) is 10.9. The van der Waals surface area contributed by atoms with Crippen LogP contribution in [-0.4, -0.2) is 44.5 Å². The molecule has 0 aliphatic heterocycles. The molecule has 1 amide bonds. The summed E-state index contributed by atoms with van der Waals surface area (Å²) in [6.07, 6.45) is 3.53. The predicted octanol–water partition coefficient (Wildman–Crippen LogP) is 5.19. The summed E-state index contributed by atoms with van der Waals surface area (Å²) in [6, 6.07) is 13.2. The first-order valence-corrected chi connectivity index (χ1v) is 12.3. The summed E-state index contributed by atoms with van der Waals surface area (Å²) in [6.45, 7) is 5.34. The lowest BCUT2D eigenvalue weighted by Gasteiger charge is -2.19. The van der Waals surface area contributed by atoms with Crippen LogP contribution in [0.15, 0.2) is 73.3 Å². The highest BCUT2D eigenvalue weighted by Gasteiger charge is 2.23. The average Bonchev–Trinajstić information content (AvgIpc) is 3.23. The molecule has 2 aromatic carbocycles. The van der Waals surface area contributed by atoms with Gasteiger partial charge in [-0.05, 0) is 42.3 Å². The van der Waals surface area contributed by atoms with E-state index >= 15 is 0 Å². The number of carbonyl (C=O) groups excluding carboxylic acids is 1. The Hall–Kier alpha value is -5.32. The number of rotatable bonds is 7. The van der Waals surface area contributed by atoms with Crippen molar-refractivity contribution >= 4 is 34.1 Å². The minimum atomic E-state index is -0.551. The summed E-state index contributed by atoms with van der Waals surface area (Å²) >= 11 is 0. The molecule has 0 saturated carbocycles. The lowest BCUT2D eigenvalue weighted by Crippen LogP contribution is -2.11. The molecule has 0 saturated heterocycles. The molecule has 3 heterocycles. The Morgan fingerprint density at radius 1 is 1.05 bits per heavy atom. The molecule has 0 unspecified atom stereocenters. The van der Waals surface area contributed by atoms with Crippen molar-refractivity contribution in [2.24, 2.45) is 7.05 Å². The van der Waals surface area contributed by atoms with E-state index in [2.05, 4.69) is 31.8 Å². The van der Waals surface area contributed by atoms with E-state index in [-0.39, 0.29) is 11.9 Å². The molecule has 0 aliphatic rings. The van der Waals surface area contributed by atoms with Crippen LogP contribution in [0.25, 0.3) is 33.4 Å². The van der Waals surface area contributed by atoms with Gasteiger partial charge in [0.1, 0.15) is 17.8 Å². The Morgan fingerprint density at radius 3 is 2.38 bits per heavy atom. The van der Waals surface area contributed by atoms with E-state index < -0.39 is 5.82 Å². The van der Waals surface area contributed by atoms with Gasteiger partial charge in [0.15, 0.2) is 11.6 Å². The first-order chi connectivity index (χ1) is 19.1. The monoisotopic (exact) mass is 538 g/mol. The third-order valence-corrected chi connectivity index (χ3v) is 6.33. The number of carbonyl (C=O) groups is 1. The van der Waals surface area contributed by atoms with Crippen molar-refractivity contribution in [3.05, 3.63) is 79.2 Å². The van der Waals surface area contributed by atoms with Crippen LogP contribution in [0, 0.1) is 5.82 Å². The Bertz CT molecular complexity index is 1750. The zero-order valence-corrected chi connectivity index (χ0v) is 22.4. The molecule has 202 valence electrons. The Morgan fingerprint density at radius 2 is 1.73 bits per heavy atom. The van der Waals surface area contributed by atoms with E-state index in [4.69, 9.17) is 10.5 Å². The molecule has 5 aromatic rings. The molecule has 3 N–H and O–H groups in total. The topological polar surface area (TPSA) is 124 Å². The van der Waals surface area contributed by atoms with Gasteiger partial charge in [-0.2, -0.15) is 0 Å². The number of amides is 1. The van der Waals surface area contributed by atoms with Crippen LogP contribution < -0.4 is 20.7 Å². The van der Waals surface area contributed by atoms with Crippen molar-refractivity contribution < 1.29 is 13.9 Å². The van der Waals surface area contributed by atoms with Gasteiger partial charge >= 0.3 is 6.01 Å². The Kier molecular flexibility index (Phi) is 6.87. The van der Waals surface area contributed by atoms with E-state index in [0.717, 1.165) is 40.5 Å². The van der Waals surface area contributed by atoms with Gasteiger partial charge in [0, 0.05) is 38.0 Å². The van der Waals surface area contributed by atoms with Crippen LogP contribution >= 0.6 is 0 Å². The summed E-state index contributed by atoms with van der Waals surface area (Å²) in [5.41, 5.74) is 12.3. The van der Waals surface area contributed by atoms with E-state index in [1.165, 1.54) is 6.33 Å². The molecule has 0 aliphatic carbocycles. The highest BCUT2D eigenvalue weighted by Crippen LogP contribution is 2.44. The summed E-state index contributed by atoms with van der Waals surface area (Å²) < 4.78 is 21.1. The molecular weight excluding hydrogens is 511 g/mol. The highest BCUT2D eigenvalue weighted by atomic mass is 19.1. The van der Waals surface area contributed by atoms with Crippen LogP contribution in [0.4, 0.5) is 21.6 Å². The van der Waals surface area contributed by atoms with Gasteiger partial charge in [-0.1, -0.05) is 24.8 Å². The number of aryl methyl sites for hydroxylation is 1. The molecule has 0 fully saturated rings. The van der Waals surface area contributed by atoms with E-state index in [0.29, 0.717) is 33.9 Å². The molecule has 10 nitrogen and oxygen atoms in total. The largest absolute Gasteiger partial charge is 0.422 e. The number of ether oxygens (including phenoxy) is 1. The summed E-state index contributed by atoms with van der Waals surface area (Å²) in [4.78, 5) is 30.6. The van der Waals surface area contributed by atoms with Crippen LogP contribution in [0.3, 0.4) is 0 Å². The maximum absolute atomic E-state index is 13.3. The zero-order valence-electron chi connectivity index (χ0n) is 22.4. The van der Waals surface area contributed by atoms with E-state index in [1.54, 1.807) is 13.0 Å². The lowest BCUT2D eigenvalue weighted by atomic mass is 9.97. The van der Waals surface area contributed by atoms with Gasteiger partial charge in [-0.25, -0.2) is 24.3 Å². The third-order valence-electron chi connectivity index (χ3n) is 6.33. The van der Waals surface area contributed by atoms with Gasteiger partial charge in [0.25, 0.3) is 5.91 Å². The first kappa shape index (κ1) is 26.3. The Labute approximate surface area is 230 Å². The summed E-state index contributed by atoms with van der Waals surface area (Å²) in [5, 5.41) is 3.54. The number of nitrogen functional groups attached to an aromatic ring is 1. The molecule has 0 radical (unpaired) electrons. The number of fused-ring (bicyclic) bond motifs is 1. The van der Waals surface area contributed by atoms with Gasteiger partial charge in [-0.15, -0.1) is 0 Å². The molecular formula is C29H27FN8O2. The second kappa shape index (κ2) is 10.4. The molecule has 3 aromatic heterocycles. The number of aromatic nitrogens is 5. The SMILES string of the molecule is C=C(C)C(=O)Nc1ccc(-c2c(-c3ccc(Oc4ncc(F)cn4)c(N(C)C)c3)c3c(N)ncnc3n2C)cc1. The number of benzene rings is 2. The number of nitrogens with two attached hydrogens (primary N) is 1. The fraction of sp³-hybridized carbons (Fsp3) is 0.138. The smallest absolute Gasteiger partial charge is 0.322 e. The lowest BCUT2D eigenvalue weighted by molar-refractivity contribution is -0.112. The minimum Gasteiger partial charge on any atom is -0.422 e. The third kappa shape index (κ3) is 4.92. The Balaban J connectivity index is 1.65. The number of nitrogens with zero attached hydrogens (tertiary/aromatic N) is 6. The maximum atomic E-state index is 13.3. The second-order valence-electron chi connectivity index (χ2n) is 9.41. The standard InChI is InChI=1S/C29H27FN8O2/c1-16(2)28(39)36-20-9-6-17(7-10-20)25-23(24-26(31)34-15-35-27(24)38(25)5)18-8-11-22(21(12-18)37(3)4)40-29-32-13-19(30)14-33-29/h6-15H,1H2,2-5H3,(H,36,39)(H2,31,34,35). The second-order valence-corrected chi connectivity index (χ2v) is 9.41.